The van der Waals surface area contributed by atoms with E-state index in [1.54, 1.807) is 25.2 Å². The van der Waals surface area contributed by atoms with Gasteiger partial charge in [-0.15, -0.1) is 0 Å². The second-order valence-electron chi connectivity index (χ2n) is 2.01. The smallest absolute Gasteiger partial charge is 0.146 e. The molecule has 0 radical (unpaired) electrons. The predicted octanol–water partition coefficient (Wildman–Crippen LogP) is 1.90. The zero-order chi connectivity index (χ0) is 8.10. The Labute approximate surface area is 64.8 Å². The maximum atomic E-state index is 12.8. The quantitative estimate of drug-likeness (QED) is 0.508. The van der Waals surface area contributed by atoms with Crippen LogP contribution in [0, 0.1) is 5.82 Å². The van der Waals surface area contributed by atoms with Gasteiger partial charge in [0.05, 0.1) is 12.0 Å². The minimum absolute atomic E-state index is 0.271. The second kappa shape index (κ2) is 3.71. The topological polar surface area (TPSA) is 24.4 Å². The van der Waals surface area contributed by atoms with Crippen molar-refractivity contribution in [1.82, 2.24) is 0 Å². The van der Waals surface area contributed by atoms with Gasteiger partial charge in [-0.05, 0) is 12.1 Å². The highest BCUT2D eigenvalue weighted by Gasteiger charge is 1.95. The van der Waals surface area contributed by atoms with Crippen LogP contribution in [0.4, 0.5) is 10.1 Å². The van der Waals surface area contributed by atoms with Crippen molar-refractivity contribution >= 4 is 12.0 Å². The van der Waals surface area contributed by atoms with Gasteiger partial charge in [-0.3, -0.25) is 4.99 Å². The number of hydrogen-bond donors (Lipinski definition) is 1. The van der Waals surface area contributed by atoms with E-state index in [0.717, 1.165) is 0 Å². The lowest BCUT2D eigenvalue weighted by Crippen LogP contribution is -1.96. The van der Waals surface area contributed by atoms with E-state index < -0.39 is 0 Å². The summed E-state index contributed by atoms with van der Waals surface area (Å²) in [6.07, 6.45) is 1.44. The van der Waals surface area contributed by atoms with E-state index in [-0.39, 0.29) is 5.82 Å². The molecule has 0 unspecified atom stereocenters. The van der Waals surface area contributed by atoms with Crippen LogP contribution in [0.3, 0.4) is 0 Å². The molecule has 0 bridgehead atoms. The van der Waals surface area contributed by atoms with Gasteiger partial charge < -0.3 is 5.32 Å². The van der Waals surface area contributed by atoms with Crippen LogP contribution in [0.5, 0.6) is 0 Å². The van der Waals surface area contributed by atoms with Crippen LogP contribution < -0.4 is 5.32 Å². The van der Waals surface area contributed by atoms with Gasteiger partial charge in [0.25, 0.3) is 0 Å². The number of rotatable bonds is 2. The van der Waals surface area contributed by atoms with Crippen molar-refractivity contribution < 1.29 is 4.39 Å². The maximum absolute atomic E-state index is 12.8. The minimum atomic E-state index is -0.271. The van der Waals surface area contributed by atoms with E-state index in [1.807, 2.05) is 0 Å². The monoisotopic (exact) mass is 152 g/mol. The van der Waals surface area contributed by atoms with Crippen LogP contribution >= 0.6 is 0 Å². The van der Waals surface area contributed by atoms with Crippen molar-refractivity contribution in [2.45, 2.75) is 0 Å². The third-order valence-corrected chi connectivity index (χ3v) is 1.22. The van der Waals surface area contributed by atoms with E-state index in [0.29, 0.717) is 5.69 Å². The Morgan fingerprint density at radius 2 is 2.18 bits per heavy atom. The number of halogens is 1. The molecular formula is C8H9FN2. The molecule has 0 saturated heterocycles. The van der Waals surface area contributed by atoms with Gasteiger partial charge in [0.2, 0.25) is 0 Å². The summed E-state index contributed by atoms with van der Waals surface area (Å²) >= 11 is 0. The largest absolute Gasteiger partial charge is 0.344 e. The molecule has 0 aliphatic heterocycles. The fourth-order valence-corrected chi connectivity index (χ4v) is 0.712. The number of aliphatic imine (C=N–C) groups is 1. The summed E-state index contributed by atoms with van der Waals surface area (Å²) in [4.78, 5) is 3.67. The van der Waals surface area contributed by atoms with Crippen LogP contribution in [0.15, 0.2) is 29.3 Å². The third kappa shape index (κ3) is 2.04. The first-order valence-corrected chi connectivity index (χ1v) is 3.26. The van der Waals surface area contributed by atoms with Gasteiger partial charge >= 0.3 is 0 Å². The molecular weight excluding hydrogens is 143 g/mol. The Bertz CT molecular complexity index is 258. The number of anilines is 1. The fourth-order valence-electron chi connectivity index (χ4n) is 0.712. The van der Waals surface area contributed by atoms with Crippen LogP contribution in [0.2, 0.25) is 0 Å². The zero-order valence-corrected chi connectivity index (χ0v) is 6.21. The highest BCUT2D eigenvalue weighted by molar-refractivity contribution is 5.75. The Morgan fingerprint density at radius 1 is 1.45 bits per heavy atom. The first-order valence-electron chi connectivity index (χ1n) is 3.26. The van der Waals surface area contributed by atoms with Gasteiger partial charge in [0.15, 0.2) is 0 Å². The fraction of sp³-hybridized carbons (Fsp3) is 0.125. The zero-order valence-electron chi connectivity index (χ0n) is 6.21. The third-order valence-electron chi connectivity index (χ3n) is 1.22. The molecule has 0 saturated carbocycles. The summed E-state index contributed by atoms with van der Waals surface area (Å²) in [5.41, 5.74) is 0.443. The molecule has 0 aliphatic rings. The summed E-state index contributed by atoms with van der Waals surface area (Å²) < 4.78 is 12.8. The summed E-state index contributed by atoms with van der Waals surface area (Å²) in [5, 5.41) is 2.70. The van der Waals surface area contributed by atoms with Crippen molar-refractivity contribution in [3.8, 4) is 0 Å². The van der Waals surface area contributed by atoms with Crippen LogP contribution in [0.1, 0.15) is 0 Å². The molecule has 2 nitrogen and oxygen atoms in total. The Balaban J connectivity index is 2.77. The summed E-state index contributed by atoms with van der Waals surface area (Å²) in [5.74, 6) is -0.271. The standard InChI is InChI=1S/C8H9FN2/c1-10-6-11-8-5-3-2-4-7(8)9/h2-6H,1H3,(H,10,11). The van der Waals surface area contributed by atoms with E-state index >= 15 is 0 Å². The van der Waals surface area contributed by atoms with Crippen LogP contribution in [-0.2, 0) is 0 Å². The molecule has 1 aromatic rings. The molecule has 1 rings (SSSR count). The van der Waals surface area contributed by atoms with Crippen LogP contribution in [0.25, 0.3) is 0 Å². The highest BCUT2D eigenvalue weighted by Crippen LogP contribution is 2.10. The molecule has 0 aromatic heterocycles. The first-order chi connectivity index (χ1) is 5.34. The first kappa shape index (κ1) is 7.72. The van der Waals surface area contributed by atoms with Gasteiger partial charge in [0, 0.05) is 7.05 Å². The van der Waals surface area contributed by atoms with E-state index in [1.165, 1.54) is 12.4 Å². The molecule has 11 heavy (non-hydrogen) atoms. The average molecular weight is 152 g/mol. The van der Waals surface area contributed by atoms with Crippen molar-refractivity contribution in [3.63, 3.8) is 0 Å². The molecule has 0 spiro atoms. The van der Waals surface area contributed by atoms with Gasteiger partial charge in [-0.2, -0.15) is 0 Å². The summed E-state index contributed by atoms with van der Waals surface area (Å²) in [7, 11) is 1.62. The lowest BCUT2D eigenvalue weighted by Gasteiger charge is -1.99. The van der Waals surface area contributed by atoms with Gasteiger partial charge in [-0.1, -0.05) is 12.1 Å². The number of nitrogens with one attached hydrogen (secondary N) is 1. The Hall–Kier alpha value is -1.38. The molecule has 0 amide bonds. The Morgan fingerprint density at radius 3 is 2.82 bits per heavy atom. The lowest BCUT2D eigenvalue weighted by atomic mass is 10.3. The van der Waals surface area contributed by atoms with Crippen molar-refractivity contribution in [3.05, 3.63) is 30.1 Å². The molecule has 3 heteroatoms. The lowest BCUT2D eigenvalue weighted by molar-refractivity contribution is 0.632. The molecule has 0 aliphatic carbocycles. The van der Waals surface area contributed by atoms with E-state index in [4.69, 9.17) is 0 Å². The minimum Gasteiger partial charge on any atom is -0.344 e. The van der Waals surface area contributed by atoms with Crippen molar-refractivity contribution in [2.75, 3.05) is 12.4 Å². The van der Waals surface area contributed by atoms with Crippen molar-refractivity contribution in [2.24, 2.45) is 4.99 Å². The predicted molar refractivity (Wildman–Crippen MR) is 44.4 cm³/mol. The molecule has 0 heterocycles. The molecule has 1 N–H and O–H groups in total. The number of nitrogens with zero attached hydrogens (tertiary/aromatic N) is 1. The molecule has 1 aromatic carbocycles. The Kier molecular flexibility index (Phi) is 2.60. The van der Waals surface area contributed by atoms with E-state index in [2.05, 4.69) is 10.3 Å². The van der Waals surface area contributed by atoms with Gasteiger partial charge in [-0.25, -0.2) is 4.39 Å². The molecule has 0 fully saturated rings. The van der Waals surface area contributed by atoms with E-state index in [9.17, 15) is 4.39 Å². The average Bonchev–Trinajstić information content (AvgIpc) is 2.03. The second-order valence-corrected chi connectivity index (χ2v) is 2.01. The van der Waals surface area contributed by atoms with Gasteiger partial charge in [0.1, 0.15) is 5.82 Å². The number of benzene rings is 1. The number of hydrogen-bond acceptors (Lipinski definition) is 1. The van der Waals surface area contributed by atoms with Crippen LogP contribution in [-0.4, -0.2) is 13.4 Å². The highest BCUT2D eigenvalue weighted by atomic mass is 19.1. The molecule has 0 atom stereocenters. The number of para-hydroxylation sites is 1. The summed E-state index contributed by atoms with van der Waals surface area (Å²) in [6.45, 7) is 0. The maximum Gasteiger partial charge on any atom is 0.146 e. The normalized spacial score (nSPS) is 10.4. The molecule has 58 valence electrons. The van der Waals surface area contributed by atoms with Crippen molar-refractivity contribution in [1.29, 1.82) is 0 Å². The summed E-state index contributed by atoms with van der Waals surface area (Å²) in [6, 6.07) is 6.45. The SMILES string of the molecule is CN=CNc1ccccc1F.